The van der Waals surface area contributed by atoms with Crippen molar-refractivity contribution >= 4 is 60.3 Å². The number of fused-ring (bicyclic) bond motifs is 1. The SMILES string of the molecule is CCOc1cc(Br)c(N2C(=NC(=O)COCC(=O)O)S[C@H]3CS(=O)(=O)C[C@@H]32)cc1OCC. The second-order valence-corrected chi connectivity index (χ2v) is 11.2. The lowest BCUT2D eigenvalue weighted by Crippen LogP contribution is -2.38. The lowest BCUT2D eigenvalue weighted by atomic mass is 10.2. The first-order valence-electron chi connectivity index (χ1n) is 9.81. The normalized spacial score (nSPS) is 22.7. The van der Waals surface area contributed by atoms with E-state index in [1.165, 1.54) is 11.8 Å². The van der Waals surface area contributed by atoms with Crippen LogP contribution in [0.15, 0.2) is 21.6 Å². The van der Waals surface area contributed by atoms with Crippen molar-refractivity contribution in [1.82, 2.24) is 0 Å². The van der Waals surface area contributed by atoms with Crippen LogP contribution in [0.25, 0.3) is 0 Å². The number of amidine groups is 1. The summed E-state index contributed by atoms with van der Waals surface area (Å²) in [6.45, 7) is 3.42. The van der Waals surface area contributed by atoms with Crippen molar-refractivity contribution in [1.29, 1.82) is 0 Å². The summed E-state index contributed by atoms with van der Waals surface area (Å²) in [7, 11) is -3.24. The molecular weight excluding hydrogens is 528 g/mol. The minimum Gasteiger partial charge on any atom is -0.490 e. The maximum absolute atomic E-state index is 12.3. The number of anilines is 1. The highest BCUT2D eigenvalue weighted by molar-refractivity contribution is 9.10. The zero-order valence-electron chi connectivity index (χ0n) is 17.4. The van der Waals surface area contributed by atoms with Gasteiger partial charge in [-0.05, 0) is 29.8 Å². The fraction of sp³-hybridized carbons (Fsp3) is 0.526. The summed E-state index contributed by atoms with van der Waals surface area (Å²) in [5, 5.41) is 8.69. The quantitative estimate of drug-likeness (QED) is 0.486. The number of halogens is 1. The monoisotopic (exact) mass is 550 g/mol. The Hall–Kier alpha value is -1.83. The number of rotatable bonds is 9. The first-order valence-corrected chi connectivity index (χ1v) is 13.3. The number of thioether (sulfide) groups is 1. The van der Waals surface area contributed by atoms with Crippen molar-refractivity contribution in [2.24, 2.45) is 4.99 Å². The van der Waals surface area contributed by atoms with E-state index in [-0.39, 0.29) is 16.8 Å². The first kappa shape index (κ1) is 24.8. The van der Waals surface area contributed by atoms with Crippen molar-refractivity contribution in [3.05, 3.63) is 16.6 Å². The highest BCUT2D eigenvalue weighted by Gasteiger charge is 2.50. The molecule has 2 saturated heterocycles. The lowest BCUT2D eigenvalue weighted by Gasteiger charge is -2.27. The predicted octanol–water partition coefficient (Wildman–Crippen LogP) is 1.95. The zero-order chi connectivity index (χ0) is 23.5. The number of amides is 1. The number of sulfone groups is 1. The van der Waals surface area contributed by atoms with E-state index < -0.39 is 41.0 Å². The maximum Gasteiger partial charge on any atom is 0.329 e. The average Bonchev–Trinajstić information content (AvgIpc) is 3.15. The van der Waals surface area contributed by atoms with Gasteiger partial charge in [-0.15, -0.1) is 0 Å². The Morgan fingerprint density at radius 3 is 2.47 bits per heavy atom. The molecule has 0 bridgehead atoms. The second kappa shape index (κ2) is 10.4. The molecule has 3 rings (SSSR count). The van der Waals surface area contributed by atoms with Gasteiger partial charge in [0.2, 0.25) is 0 Å². The smallest absolute Gasteiger partial charge is 0.329 e. The van der Waals surface area contributed by atoms with Gasteiger partial charge < -0.3 is 24.2 Å². The summed E-state index contributed by atoms with van der Waals surface area (Å²) < 4.78 is 41.3. The molecule has 1 aromatic carbocycles. The predicted molar refractivity (Wildman–Crippen MR) is 124 cm³/mol. The Labute approximate surface area is 198 Å². The van der Waals surface area contributed by atoms with Crippen LogP contribution in [0, 0.1) is 0 Å². The molecule has 176 valence electrons. The summed E-state index contributed by atoms with van der Waals surface area (Å²) in [6, 6.07) is 3.05. The number of nitrogens with zero attached hydrogens (tertiary/aromatic N) is 2. The molecule has 10 nitrogen and oxygen atoms in total. The van der Waals surface area contributed by atoms with Crippen LogP contribution in [-0.2, 0) is 24.2 Å². The molecule has 2 fully saturated rings. The molecule has 0 radical (unpaired) electrons. The van der Waals surface area contributed by atoms with E-state index in [2.05, 4.69) is 20.9 Å². The highest BCUT2D eigenvalue weighted by atomic mass is 79.9. The Balaban J connectivity index is 1.98. The number of hydrogen-bond acceptors (Lipinski definition) is 8. The third kappa shape index (κ3) is 5.74. The van der Waals surface area contributed by atoms with Crippen LogP contribution in [-0.4, -0.2) is 79.8 Å². The lowest BCUT2D eigenvalue weighted by molar-refractivity contribution is -0.143. The summed E-state index contributed by atoms with van der Waals surface area (Å²) in [4.78, 5) is 28.7. The van der Waals surface area contributed by atoms with Crippen LogP contribution in [0.5, 0.6) is 11.5 Å². The van der Waals surface area contributed by atoms with Crippen LogP contribution in [0.4, 0.5) is 5.69 Å². The number of ether oxygens (including phenoxy) is 3. The van der Waals surface area contributed by atoms with E-state index in [1.807, 2.05) is 13.8 Å². The molecule has 1 aromatic rings. The van der Waals surface area contributed by atoms with Crippen molar-refractivity contribution in [3.63, 3.8) is 0 Å². The van der Waals surface area contributed by atoms with E-state index in [1.54, 1.807) is 17.0 Å². The van der Waals surface area contributed by atoms with Gasteiger partial charge in [-0.3, -0.25) is 4.79 Å². The fourth-order valence-corrected chi connectivity index (χ4v) is 7.89. The molecule has 2 aliphatic heterocycles. The summed E-state index contributed by atoms with van der Waals surface area (Å²) in [6.07, 6.45) is 0. The number of aliphatic carboxylic acids is 1. The van der Waals surface area contributed by atoms with Crippen molar-refractivity contribution in [3.8, 4) is 11.5 Å². The molecule has 2 aliphatic rings. The summed E-state index contributed by atoms with van der Waals surface area (Å²) >= 11 is 4.73. The Kier molecular flexibility index (Phi) is 8.06. The average molecular weight is 551 g/mol. The van der Waals surface area contributed by atoms with Gasteiger partial charge in [0.25, 0.3) is 5.91 Å². The molecule has 2 atom stereocenters. The molecular formula is C19H23BrN2O8S2. The largest absolute Gasteiger partial charge is 0.490 e. The minimum atomic E-state index is -3.24. The van der Waals surface area contributed by atoms with Crippen LogP contribution in [0.1, 0.15) is 13.8 Å². The topological polar surface area (TPSA) is 132 Å². The number of benzene rings is 1. The molecule has 1 N–H and O–H groups in total. The second-order valence-electron chi connectivity index (χ2n) is 6.96. The van der Waals surface area contributed by atoms with Crippen LogP contribution < -0.4 is 14.4 Å². The van der Waals surface area contributed by atoms with Gasteiger partial charge in [0.15, 0.2) is 26.5 Å². The van der Waals surface area contributed by atoms with Gasteiger partial charge in [0.1, 0.15) is 13.2 Å². The Morgan fingerprint density at radius 1 is 1.19 bits per heavy atom. The Bertz CT molecular complexity index is 1030. The van der Waals surface area contributed by atoms with E-state index in [4.69, 9.17) is 19.3 Å². The van der Waals surface area contributed by atoms with Gasteiger partial charge in [-0.2, -0.15) is 4.99 Å². The fourth-order valence-electron chi connectivity index (χ4n) is 3.46. The van der Waals surface area contributed by atoms with Gasteiger partial charge in [0, 0.05) is 21.9 Å². The van der Waals surface area contributed by atoms with E-state index in [0.29, 0.717) is 40.0 Å². The number of hydrogen-bond donors (Lipinski definition) is 1. The van der Waals surface area contributed by atoms with Crippen molar-refractivity contribution < 1.29 is 37.3 Å². The third-order valence-corrected chi connectivity index (χ3v) is 8.46. The number of aliphatic imine (C=N–C) groups is 1. The van der Waals surface area contributed by atoms with Gasteiger partial charge in [-0.25, -0.2) is 13.2 Å². The highest BCUT2D eigenvalue weighted by Crippen LogP contribution is 2.46. The Morgan fingerprint density at radius 2 is 1.84 bits per heavy atom. The van der Waals surface area contributed by atoms with E-state index >= 15 is 0 Å². The first-order chi connectivity index (χ1) is 15.1. The standard InChI is InChI=1S/C19H23BrN2O8S2/c1-3-29-14-5-11(20)12(6-15(14)30-4-2)22-13-9-32(26,27)10-16(13)31-19(22)21-17(23)7-28-8-18(24)25/h5-6,13,16H,3-4,7-10H2,1-2H3,(H,24,25)/t13-,16-/m0/s1. The van der Waals surface area contributed by atoms with Crippen molar-refractivity contribution in [2.75, 3.05) is 42.8 Å². The molecule has 0 saturated carbocycles. The molecule has 1 amide bonds. The molecule has 32 heavy (non-hydrogen) atoms. The zero-order valence-corrected chi connectivity index (χ0v) is 20.7. The van der Waals surface area contributed by atoms with E-state index in [9.17, 15) is 18.0 Å². The van der Waals surface area contributed by atoms with Crippen LogP contribution in [0.3, 0.4) is 0 Å². The number of carbonyl (C=O) groups is 2. The maximum atomic E-state index is 12.3. The minimum absolute atomic E-state index is 0.0193. The van der Waals surface area contributed by atoms with E-state index in [0.717, 1.165) is 0 Å². The number of carbonyl (C=O) groups excluding carboxylic acids is 1. The van der Waals surface area contributed by atoms with Crippen molar-refractivity contribution in [2.45, 2.75) is 25.1 Å². The molecule has 13 heteroatoms. The molecule has 0 aromatic heterocycles. The van der Waals surface area contributed by atoms with Crippen LogP contribution in [0.2, 0.25) is 0 Å². The van der Waals surface area contributed by atoms with Gasteiger partial charge in [-0.1, -0.05) is 11.8 Å². The third-order valence-electron chi connectivity index (χ3n) is 4.61. The van der Waals surface area contributed by atoms with Crippen LogP contribution >= 0.6 is 27.7 Å². The molecule has 0 aliphatic carbocycles. The van der Waals surface area contributed by atoms with Gasteiger partial charge >= 0.3 is 5.97 Å². The number of carboxylic acid groups (broad SMARTS) is 1. The number of carboxylic acids is 1. The summed E-state index contributed by atoms with van der Waals surface area (Å²) in [5.41, 5.74) is 0.590. The summed E-state index contributed by atoms with van der Waals surface area (Å²) in [5.74, 6) is -0.926. The molecule has 0 spiro atoms. The van der Waals surface area contributed by atoms with Gasteiger partial charge in [0.05, 0.1) is 36.4 Å². The molecule has 0 unspecified atom stereocenters. The molecule has 2 heterocycles.